The first-order chi connectivity index (χ1) is 11.4. The van der Waals surface area contributed by atoms with Crippen molar-refractivity contribution < 1.29 is 8.42 Å². The summed E-state index contributed by atoms with van der Waals surface area (Å²) in [5.74, 6) is 0.00682. The average molecular weight is 360 g/mol. The standard InChI is InChI=1S/C19H18ClNO2S/c1-14-18(17-12-16(20)9-10-19(17)21-14)13-24(22,23)11-5-8-15-6-3-2-4-7-15/h2-10,12,21H,11,13H2,1H3. The first-order valence-corrected chi connectivity index (χ1v) is 9.83. The van der Waals surface area contributed by atoms with E-state index in [4.69, 9.17) is 11.6 Å². The molecule has 0 saturated heterocycles. The number of benzene rings is 2. The molecule has 3 rings (SSSR count). The van der Waals surface area contributed by atoms with Gasteiger partial charge in [0.1, 0.15) is 0 Å². The van der Waals surface area contributed by atoms with E-state index in [-0.39, 0.29) is 11.5 Å². The zero-order valence-electron chi connectivity index (χ0n) is 13.3. The van der Waals surface area contributed by atoms with Crippen molar-refractivity contribution in [2.45, 2.75) is 12.7 Å². The van der Waals surface area contributed by atoms with Crippen LogP contribution in [0.4, 0.5) is 0 Å². The van der Waals surface area contributed by atoms with Crippen LogP contribution in [0.3, 0.4) is 0 Å². The summed E-state index contributed by atoms with van der Waals surface area (Å²) in [5.41, 5.74) is 3.55. The fraction of sp³-hybridized carbons (Fsp3) is 0.158. The van der Waals surface area contributed by atoms with Crippen LogP contribution < -0.4 is 0 Å². The molecule has 1 N–H and O–H groups in total. The van der Waals surface area contributed by atoms with Gasteiger partial charge in [-0.25, -0.2) is 8.42 Å². The Morgan fingerprint density at radius 1 is 1.12 bits per heavy atom. The molecule has 0 unspecified atom stereocenters. The lowest BCUT2D eigenvalue weighted by molar-refractivity contribution is 0.598. The third-order valence-electron chi connectivity index (χ3n) is 3.91. The van der Waals surface area contributed by atoms with Gasteiger partial charge in [0, 0.05) is 21.6 Å². The highest BCUT2D eigenvalue weighted by atomic mass is 35.5. The van der Waals surface area contributed by atoms with E-state index in [9.17, 15) is 8.42 Å². The van der Waals surface area contributed by atoms with E-state index in [2.05, 4.69) is 4.98 Å². The normalized spacial score (nSPS) is 12.2. The Labute approximate surface area is 146 Å². The molecule has 24 heavy (non-hydrogen) atoms. The second-order valence-electron chi connectivity index (χ2n) is 5.79. The predicted octanol–water partition coefficient (Wildman–Crippen LogP) is 4.76. The van der Waals surface area contributed by atoms with Crippen LogP contribution in [0.25, 0.3) is 17.0 Å². The minimum absolute atomic E-state index is 0.00168. The number of nitrogens with one attached hydrogen (secondary N) is 1. The van der Waals surface area contributed by atoms with Gasteiger partial charge in [-0.2, -0.15) is 0 Å². The molecule has 0 aliphatic rings. The number of aromatic amines is 1. The number of aromatic nitrogens is 1. The number of rotatable bonds is 5. The molecule has 0 bridgehead atoms. The maximum Gasteiger partial charge on any atom is 0.158 e. The highest BCUT2D eigenvalue weighted by molar-refractivity contribution is 7.90. The lowest BCUT2D eigenvalue weighted by Crippen LogP contribution is -2.08. The monoisotopic (exact) mass is 359 g/mol. The van der Waals surface area contributed by atoms with E-state index in [0.29, 0.717) is 5.02 Å². The summed E-state index contributed by atoms with van der Waals surface area (Å²) in [7, 11) is -3.25. The number of H-pyrrole nitrogens is 1. The molecule has 0 fully saturated rings. The molecule has 3 aromatic rings. The highest BCUT2D eigenvalue weighted by Crippen LogP contribution is 2.27. The Hall–Kier alpha value is -2.04. The lowest BCUT2D eigenvalue weighted by atomic mass is 10.1. The second-order valence-corrected chi connectivity index (χ2v) is 8.33. The van der Waals surface area contributed by atoms with Crippen LogP contribution in [-0.4, -0.2) is 19.2 Å². The van der Waals surface area contributed by atoms with Gasteiger partial charge in [-0.3, -0.25) is 0 Å². The van der Waals surface area contributed by atoms with Gasteiger partial charge in [-0.05, 0) is 36.2 Å². The van der Waals surface area contributed by atoms with Crippen molar-refractivity contribution in [1.29, 1.82) is 0 Å². The van der Waals surface area contributed by atoms with Crippen LogP contribution in [-0.2, 0) is 15.6 Å². The van der Waals surface area contributed by atoms with Gasteiger partial charge in [0.05, 0.1) is 11.5 Å². The van der Waals surface area contributed by atoms with Gasteiger partial charge in [0.25, 0.3) is 0 Å². The molecule has 0 atom stereocenters. The van der Waals surface area contributed by atoms with Crippen molar-refractivity contribution in [2.24, 2.45) is 0 Å². The maximum atomic E-state index is 12.5. The van der Waals surface area contributed by atoms with Gasteiger partial charge in [0.2, 0.25) is 0 Å². The SMILES string of the molecule is Cc1[nH]c2ccc(Cl)cc2c1CS(=O)(=O)CC=Cc1ccccc1. The highest BCUT2D eigenvalue weighted by Gasteiger charge is 2.16. The molecule has 0 aliphatic carbocycles. The van der Waals surface area contributed by atoms with Crippen LogP contribution in [0.15, 0.2) is 54.6 Å². The van der Waals surface area contributed by atoms with Crippen molar-refractivity contribution in [1.82, 2.24) is 4.98 Å². The van der Waals surface area contributed by atoms with Gasteiger partial charge in [0.15, 0.2) is 9.84 Å². The fourth-order valence-electron chi connectivity index (χ4n) is 2.71. The zero-order chi connectivity index (χ0) is 17.2. The molecule has 1 aromatic heterocycles. The molecular weight excluding hydrogens is 342 g/mol. The summed E-state index contributed by atoms with van der Waals surface area (Å²) in [6.07, 6.45) is 3.53. The Bertz CT molecular complexity index is 989. The van der Waals surface area contributed by atoms with Gasteiger partial charge in [-0.1, -0.05) is 54.1 Å². The Kier molecular flexibility index (Phi) is 4.78. The molecule has 124 valence electrons. The number of hydrogen-bond donors (Lipinski definition) is 1. The third-order valence-corrected chi connectivity index (χ3v) is 5.57. The van der Waals surface area contributed by atoms with E-state index in [1.165, 1.54) is 0 Å². The van der Waals surface area contributed by atoms with E-state index in [1.54, 1.807) is 12.1 Å². The van der Waals surface area contributed by atoms with Crippen molar-refractivity contribution in [3.63, 3.8) is 0 Å². The molecule has 3 nitrogen and oxygen atoms in total. The van der Waals surface area contributed by atoms with E-state index < -0.39 is 9.84 Å². The van der Waals surface area contributed by atoms with Crippen LogP contribution in [0, 0.1) is 6.92 Å². The smallest absolute Gasteiger partial charge is 0.158 e. The quantitative estimate of drug-likeness (QED) is 0.714. The van der Waals surface area contributed by atoms with E-state index in [1.807, 2.05) is 55.5 Å². The van der Waals surface area contributed by atoms with Crippen LogP contribution in [0.5, 0.6) is 0 Å². The predicted molar refractivity (Wildman–Crippen MR) is 101 cm³/mol. The molecule has 1 heterocycles. The summed E-state index contributed by atoms with van der Waals surface area (Å²) in [4.78, 5) is 3.22. The van der Waals surface area contributed by atoms with Gasteiger partial charge < -0.3 is 4.98 Å². The number of hydrogen-bond acceptors (Lipinski definition) is 2. The van der Waals surface area contributed by atoms with Crippen molar-refractivity contribution >= 4 is 38.4 Å². The summed E-state index contributed by atoms with van der Waals surface area (Å²) in [6, 6.07) is 15.1. The third kappa shape index (κ3) is 3.89. The Morgan fingerprint density at radius 3 is 2.62 bits per heavy atom. The summed E-state index contributed by atoms with van der Waals surface area (Å²) in [5, 5.41) is 1.47. The van der Waals surface area contributed by atoms with E-state index in [0.717, 1.165) is 27.7 Å². The largest absolute Gasteiger partial charge is 0.358 e. The average Bonchev–Trinajstić information content (AvgIpc) is 2.83. The summed E-state index contributed by atoms with van der Waals surface area (Å²) < 4.78 is 24.9. The minimum atomic E-state index is -3.25. The number of sulfone groups is 1. The van der Waals surface area contributed by atoms with E-state index >= 15 is 0 Å². The molecule has 0 spiro atoms. The first-order valence-electron chi connectivity index (χ1n) is 7.63. The van der Waals surface area contributed by atoms with Gasteiger partial charge in [-0.15, -0.1) is 0 Å². The number of fused-ring (bicyclic) bond motifs is 1. The zero-order valence-corrected chi connectivity index (χ0v) is 14.9. The summed E-state index contributed by atoms with van der Waals surface area (Å²) in [6.45, 7) is 1.89. The Balaban J connectivity index is 1.81. The summed E-state index contributed by atoms with van der Waals surface area (Å²) >= 11 is 6.05. The molecule has 2 aromatic carbocycles. The second kappa shape index (κ2) is 6.83. The lowest BCUT2D eigenvalue weighted by Gasteiger charge is -2.03. The molecule has 5 heteroatoms. The molecule has 0 amide bonds. The van der Waals surface area contributed by atoms with Crippen molar-refractivity contribution in [3.8, 4) is 0 Å². The molecule has 0 radical (unpaired) electrons. The molecular formula is C19H18ClNO2S. The molecule has 0 aliphatic heterocycles. The fourth-order valence-corrected chi connectivity index (χ4v) is 4.21. The number of aryl methyl sites for hydroxylation is 1. The maximum absolute atomic E-state index is 12.5. The van der Waals surface area contributed by atoms with Crippen LogP contribution in [0.1, 0.15) is 16.8 Å². The number of halogens is 1. The minimum Gasteiger partial charge on any atom is -0.358 e. The van der Waals surface area contributed by atoms with Crippen molar-refractivity contribution in [3.05, 3.63) is 76.5 Å². The van der Waals surface area contributed by atoms with Crippen LogP contribution in [0.2, 0.25) is 5.02 Å². The van der Waals surface area contributed by atoms with Crippen LogP contribution >= 0.6 is 11.6 Å². The van der Waals surface area contributed by atoms with Gasteiger partial charge >= 0.3 is 0 Å². The first kappa shape index (κ1) is 16.8. The topological polar surface area (TPSA) is 49.9 Å². The molecule has 0 saturated carbocycles. The Morgan fingerprint density at radius 2 is 1.88 bits per heavy atom. The van der Waals surface area contributed by atoms with Crippen molar-refractivity contribution in [2.75, 3.05) is 5.75 Å².